The molecule has 0 unspecified atom stereocenters. The van der Waals surface area contributed by atoms with Crippen LogP contribution >= 0.6 is 0 Å². The van der Waals surface area contributed by atoms with Gasteiger partial charge in [0.05, 0.1) is 18.4 Å². The van der Waals surface area contributed by atoms with Gasteiger partial charge in [0.25, 0.3) is 0 Å². The van der Waals surface area contributed by atoms with E-state index in [2.05, 4.69) is 16.9 Å². The highest BCUT2D eigenvalue weighted by Crippen LogP contribution is 2.24. The number of ether oxygens (including phenoxy) is 2. The predicted molar refractivity (Wildman–Crippen MR) is 74.1 cm³/mol. The summed E-state index contributed by atoms with van der Waals surface area (Å²) in [6.07, 6.45) is 8.41. The zero-order valence-electron chi connectivity index (χ0n) is 10.9. The number of hydrogen-bond acceptors (Lipinski definition) is 4. The Labute approximate surface area is 112 Å². The number of hydrogen-bond donors (Lipinski definition) is 1. The third-order valence-electron chi connectivity index (χ3n) is 2.90. The minimum Gasteiger partial charge on any atom is -0.487 e. The number of nitrogens with two attached hydrogens (primary N) is 1. The molecule has 0 radical (unpaired) electrons. The van der Waals surface area contributed by atoms with Crippen LogP contribution in [-0.4, -0.2) is 19.7 Å². The summed E-state index contributed by atoms with van der Waals surface area (Å²) in [7, 11) is 1.34. The largest absolute Gasteiger partial charge is 0.487 e. The number of allylic oxidation sites excluding steroid dienone is 2. The first kappa shape index (κ1) is 13.2. The van der Waals surface area contributed by atoms with E-state index in [1.165, 1.54) is 7.11 Å². The van der Waals surface area contributed by atoms with Gasteiger partial charge in [0.2, 0.25) is 0 Å². The van der Waals surface area contributed by atoms with Crippen LogP contribution < -0.4 is 10.5 Å². The Bertz CT molecular complexity index is 532. The van der Waals surface area contributed by atoms with Gasteiger partial charge in [-0.15, -0.1) is 0 Å². The maximum Gasteiger partial charge on any atom is 0.337 e. The smallest absolute Gasteiger partial charge is 0.337 e. The quantitative estimate of drug-likeness (QED) is 0.667. The van der Waals surface area contributed by atoms with Gasteiger partial charge >= 0.3 is 5.97 Å². The Balaban J connectivity index is 2.08. The third-order valence-corrected chi connectivity index (χ3v) is 2.90. The Morgan fingerprint density at radius 3 is 2.89 bits per heavy atom. The van der Waals surface area contributed by atoms with Crippen molar-refractivity contribution in [2.75, 3.05) is 19.5 Å². The molecule has 1 aromatic rings. The summed E-state index contributed by atoms with van der Waals surface area (Å²) in [5.74, 6) is 0.101. The molecule has 0 amide bonds. The number of carbonyl (C=O) groups is 1. The zero-order chi connectivity index (χ0) is 13.7. The van der Waals surface area contributed by atoms with E-state index in [9.17, 15) is 4.79 Å². The van der Waals surface area contributed by atoms with E-state index < -0.39 is 5.97 Å². The maximum atomic E-state index is 11.4. The minimum absolute atomic E-state index is 0.401. The number of carbonyl (C=O) groups excluding carboxylic acids is 1. The number of nitrogen functional groups attached to an aromatic ring is 1. The Kier molecular flexibility index (Phi) is 4.23. The van der Waals surface area contributed by atoms with Crippen LogP contribution in [0.25, 0.3) is 0 Å². The van der Waals surface area contributed by atoms with Gasteiger partial charge < -0.3 is 15.2 Å². The molecule has 0 aromatic heterocycles. The van der Waals surface area contributed by atoms with E-state index in [1.807, 2.05) is 6.08 Å². The molecule has 1 aliphatic rings. The lowest BCUT2D eigenvalue weighted by molar-refractivity contribution is 0.0600. The van der Waals surface area contributed by atoms with E-state index in [-0.39, 0.29) is 0 Å². The van der Waals surface area contributed by atoms with E-state index in [4.69, 9.17) is 10.5 Å². The van der Waals surface area contributed by atoms with Gasteiger partial charge in [0.15, 0.2) is 0 Å². The molecule has 0 aliphatic heterocycles. The van der Waals surface area contributed by atoms with Crippen LogP contribution in [0, 0.1) is 0 Å². The standard InChI is InChI=1S/C15H17NO3/c1-18-15(17)12-7-8-13(16)14(9-12)19-10-11-5-3-2-4-6-11/h3,5-9H,2,4,10,16H2,1H3. The molecule has 0 heterocycles. The molecule has 2 rings (SSSR count). The summed E-state index contributed by atoms with van der Waals surface area (Å²) in [4.78, 5) is 11.4. The van der Waals surface area contributed by atoms with Gasteiger partial charge in [-0.1, -0.05) is 18.2 Å². The van der Waals surface area contributed by atoms with Crippen molar-refractivity contribution >= 4 is 11.7 Å². The molecular formula is C15H17NO3. The molecule has 0 bridgehead atoms. The molecule has 0 atom stereocenters. The topological polar surface area (TPSA) is 61.5 Å². The summed E-state index contributed by atoms with van der Waals surface area (Å²) in [6.45, 7) is 0.450. The Morgan fingerprint density at radius 1 is 1.37 bits per heavy atom. The van der Waals surface area contributed by atoms with E-state index in [0.717, 1.165) is 18.4 Å². The fourth-order valence-electron chi connectivity index (χ4n) is 1.84. The lowest BCUT2D eigenvalue weighted by Crippen LogP contribution is -2.06. The SMILES string of the molecule is COC(=O)c1ccc(N)c(OCC2=CCCC=C2)c1. The second-order valence-electron chi connectivity index (χ2n) is 4.29. The van der Waals surface area contributed by atoms with Crippen molar-refractivity contribution in [3.05, 3.63) is 47.6 Å². The molecule has 4 nitrogen and oxygen atoms in total. The molecule has 2 N–H and O–H groups in total. The van der Waals surface area contributed by atoms with Crippen molar-refractivity contribution in [1.82, 2.24) is 0 Å². The van der Waals surface area contributed by atoms with Gasteiger partial charge in [-0.3, -0.25) is 0 Å². The number of benzene rings is 1. The first-order valence-electron chi connectivity index (χ1n) is 6.17. The van der Waals surface area contributed by atoms with Crippen molar-refractivity contribution < 1.29 is 14.3 Å². The molecular weight excluding hydrogens is 242 g/mol. The Hall–Kier alpha value is -2.23. The molecule has 4 heteroatoms. The lowest BCUT2D eigenvalue weighted by atomic mass is 10.1. The van der Waals surface area contributed by atoms with Crippen molar-refractivity contribution in [2.45, 2.75) is 12.8 Å². The van der Waals surface area contributed by atoms with E-state index in [1.54, 1.807) is 18.2 Å². The fraction of sp³-hybridized carbons (Fsp3) is 0.267. The molecule has 100 valence electrons. The summed E-state index contributed by atoms with van der Waals surface area (Å²) < 4.78 is 10.3. The lowest BCUT2D eigenvalue weighted by Gasteiger charge is -2.12. The van der Waals surface area contributed by atoms with Crippen molar-refractivity contribution in [2.24, 2.45) is 0 Å². The molecule has 0 saturated carbocycles. The molecule has 1 aromatic carbocycles. The van der Waals surface area contributed by atoms with Gasteiger partial charge in [0.1, 0.15) is 12.4 Å². The molecule has 0 fully saturated rings. The van der Waals surface area contributed by atoms with Gasteiger partial charge in [-0.25, -0.2) is 4.79 Å². The average molecular weight is 259 g/mol. The summed E-state index contributed by atoms with van der Waals surface area (Å²) >= 11 is 0. The van der Waals surface area contributed by atoms with Gasteiger partial charge in [0, 0.05) is 0 Å². The number of anilines is 1. The third kappa shape index (κ3) is 3.37. The fourth-order valence-corrected chi connectivity index (χ4v) is 1.84. The van der Waals surface area contributed by atoms with E-state index in [0.29, 0.717) is 23.6 Å². The van der Waals surface area contributed by atoms with Crippen LogP contribution in [0.4, 0.5) is 5.69 Å². The molecule has 19 heavy (non-hydrogen) atoms. The highest BCUT2D eigenvalue weighted by Gasteiger charge is 2.09. The van der Waals surface area contributed by atoms with Crippen LogP contribution in [0.3, 0.4) is 0 Å². The number of rotatable bonds is 4. The van der Waals surface area contributed by atoms with Gasteiger partial charge in [-0.2, -0.15) is 0 Å². The first-order valence-corrected chi connectivity index (χ1v) is 6.17. The summed E-state index contributed by atoms with van der Waals surface area (Å²) in [5.41, 5.74) is 7.89. The van der Waals surface area contributed by atoms with Crippen molar-refractivity contribution in [3.63, 3.8) is 0 Å². The van der Waals surface area contributed by atoms with Crippen molar-refractivity contribution in [3.8, 4) is 5.75 Å². The number of esters is 1. The van der Waals surface area contributed by atoms with Gasteiger partial charge in [-0.05, 0) is 36.6 Å². The van der Waals surface area contributed by atoms with Crippen LogP contribution in [0.1, 0.15) is 23.2 Å². The minimum atomic E-state index is -0.401. The highest BCUT2D eigenvalue weighted by atomic mass is 16.5. The molecule has 0 spiro atoms. The first-order chi connectivity index (χ1) is 9.20. The molecule has 1 aliphatic carbocycles. The van der Waals surface area contributed by atoms with Crippen LogP contribution in [-0.2, 0) is 4.74 Å². The summed E-state index contributed by atoms with van der Waals surface area (Å²) in [6, 6.07) is 4.87. The van der Waals surface area contributed by atoms with E-state index >= 15 is 0 Å². The van der Waals surface area contributed by atoms with Crippen LogP contribution in [0.2, 0.25) is 0 Å². The normalized spacial score (nSPS) is 13.8. The monoisotopic (exact) mass is 259 g/mol. The zero-order valence-corrected chi connectivity index (χ0v) is 10.9. The number of methoxy groups -OCH3 is 1. The predicted octanol–water partition coefficient (Wildman–Crippen LogP) is 2.71. The van der Waals surface area contributed by atoms with Crippen molar-refractivity contribution in [1.29, 1.82) is 0 Å². The average Bonchev–Trinajstić information content (AvgIpc) is 2.46. The summed E-state index contributed by atoms with van der Waals surface area (Å²) in [5, 5.41) is 0. The highest BCUT2D eigenvalue weighted by molar-refractivity contribution is 5.90. The second-order valence-corrected chi connectivity index (χ2v) is 4.29. The Morgan fingerprint density at radius 2 is 2.21 bits per heavy atom. The van der Waals surface area contributed by atoms with Crippen LogP contribution in [0.15, 0.2) is 42.0 Å². The second kappa shape index (κ2) is 6.09. The van der Waals surface area contributed by atoms with Crippen LogP contribution in [0.5, 0.6) is 5.75 Å². The molecule has 0 saturated heterocycles. The maximum absolute atomic E-state index is 11.4.